The van der Waals surface area contributed by atoms with E-state index in [2.05, 4.69) is 25.8 Å². The van der Waals surface area contributed by atoms with E-state index in [9.17, 15) is 4.79 Å². The number of nitrogens with zero attached hydrogens (tertiary/aromatic N) is 1. The summed E-state index contributed by atoms with van der Waals surface area (Å²) in [5, 5.41) is 0. The van der Waals surface area contributed by atoms with Crippen molar-refractivity contribution in [1.29, 1.82) is 0 Å². The molecule has 2 heterocycles. The first-order valence-electron chi connectivity index (χ1n) is 7.40. The van der Waals surface area contributed by atoms with Crippen molar-refractivity contribution in [3.05, 3.63) is 22.4 Å². The molecule has 0 spiro atoms. The molecule has 104 valence electrons. The fourth-order valence-corrected chi connectivity index (χ4v) is 4.04. The second-order valence-corrected chi connectivity index (χ2v) is 6.75. The normalized spacial score (nSPS) is 24.9. The van der Waals surface area contributed by atoms with Crippen molar-refractivity contribution < 1.29 is 4.79 Å². The summed E-state index contributed by atoms with van der Waals surface area (Å²) in [5.74, 6) is 0.914. The number of amides is 1. The zero-order valence-electron chi connectivity index (χ0n) is 11.2. The van der Waals surface area contributed by atoms with Crippen molar-refractivity contribution in [2.24, 2.45) is 5.92 Å². The monoisotopic (exact) mass is 324 g/mol. The molecule has 1 saturated carbocycles. The quantitative estimate of drug-likeness (QED) is 0.878. The molecule has 1 aliphatic carbocycles. The molecule has 1 unspecified atom stereocenters. The molecule has 1 amide bonds. The number of carbonyl (C=O) groups excluding carboxylic acids is 1. The van der Waals surface area contributed by atoms with Gasteiger partial charge in [-0.15, -0.1) is 0 Å². The van der Waals surface area contributed by atoms with Gasteiger partial charge in [-0.05, 0) is 53.6 Å². The lowest BCUT2D eigenvalue weighted by Crippen LogP contribution is -2.40. The number of hydrogen-bond acceptors (Lipinski definition) is 1. The van der Waals surface area contributed by atoms with E-state index >= 15 is 0 Å². The molecule has 1 aromatic rings. The Morgan fingerprint density at radius 2 is 2.00 bits per heavy atom. The Morgan fingerprint density at radius 1 is 1.21 bits per heavy atom. The van der Waals surface area contributed by atoms with E-state index in [1.54, 1.807) is 0 Å². The number of likely N-dealkylation sites (tertiary alicyclic amines) is 1. The van der Waals surface area contributed by atoms with E-state index in [4.69, 9.17) is 0 Å². The van der Waals surface area contributed by atoms with Gasteiger partial charge in [0, 0.05) is 23.3 Å². The highest BCUT2D eigenvalue weighted by molar-refractivity contribution is 9.10. The van der Waals surface area contributed by atoms with Gasteiger partial charge < -0.3 is 9.88 Å². The number of aromatic nitrogens is 1. The van der Waals surface area contributed by atoms with Gasteiger partial charge in [-0.3, -0.25) is 4.79 Å². The van der Waals surface area contributed by atoms with E-state index in [1.807, 2.05) is 12.3 Å². The molecule has 2 fully saturated rings. The third-order valence-electron chi connectivity index (χ3n) is 4.63. The average molecular weight is 325 g/mol. The Bertz CT molecular complexity index is 451. The van der Waals surface area contributed by atoms with Crippen LogP contribution in [0.3, 0.4) is 0 Å². The number of nitrogens with one attached hydrogen (secondary N) is 1. The van der Waals surface area contributed by atoms with Gasteiger partial charge in [-0.2, -0.15) is 0 Å². The maximum absolute atomic E-state index is 12.6. The SMILES string of the molecule is O=C(c1cc(Br)c[nH]1)N1CCCC1C1CCCCC1. The van der Waals surface area contributed by atoms with Gasteiger partial charge in [0.05, 0.1) is 0 Å². The molecule has 2 aliphatic rings. The predicted molar refractivity (Wildman–Crippen MR) is 79.1 cm³/mol. The minimum absolute atomic E-state index is 0.179. The Hall–Kier alpha value is -0.770. The average Bonchev–Trinajstić information content (AvgIpc) is 3.07. The van der Waals surface area contributed by atoms with Crippen LogP contribution in [0.15, 0.2) is 16.7 Å². The van der Waals surface area contributed by atoms with Crippen LogP contribution >= 0.6 is 15.9 Å². The highest BCUT2D eigenvalue weighted by atomic mass is 79.9. The number of H-pyrrole nitrogens is 1. The molecule has 4 heteroatoms. The van der Waals surface area contributed by atoms with Gasteiger partial charge in [-0.25, -0.2) is 0 Å². The molecule has 1 N–H and O–H groups in total. The maximum atomic E-state index is 12.6. The van der Waals surface area contributed by atoms with Crippen LogP contribution in [0.2, 0.25) is 0 Å². The van der Waals surface area contributed by atoms with E-state index in [-0.39, 0.29) is 5.91 Å². The zero-order chi connectivity index (χ0) is 13.2. The molecule has 0 bridgehead atoms. The molecule has 3 rings (SSSR count). The van der Waals surface area contributed by atoms with Crippen molar-refractivity contribution in [2.45, 2.75) is 51.0 Å². The number of hydrogen-bond donors (Lipinski definition) is 1. The molecule has 0 aromatic carbocycles. The van der Waals surface area contributed by atoms with Crippen LogP contribution in [0.1, 0.15) is 55.4 Å². The maximum Gasteiger partial charge on any atom is 0.270 e. The molecule has 3 nitrogen and oxygen atoms in total. The highest BCUT2D eigenvalue weighted by Crippen LogP contribution is 2.35. The summed E-state index contributed by atoms with van der Waals surface area (Å²) in [6, 6.07) is 2.37. The smallest absolute Gasteiger partial charge is 0.270 e. The van der Waals surface area contributed by atoms with Crippen LogP contribution < -0.4 is 0 Å². The first-order valence-corrected chi connectivity index (χ1v) is 8.20. The first-order chi connectivity index (χ1) is 9.25. The van der Waals surface area contributed by atoms with Crippen LogP contribution in [-0.2, 0) is 0 Å². The van der Waals surface area contributed by atoms with Crippen LogP contribution in [0, 0.1) is 5.92 Å². The molecular weight excluding hydrogens is 304 g/mol. The summed E-state index contributed by atoms with van der Waals surface area (Å²) in [6.07, 6.45) is 10.9. The lowest BCUT2D eigenvalue weighted by Gasteiger charge is -2.33. The second kappa shape index (κ2) is 5.70. The topological polar surface area (TPSA) is 36.1 Å². The minimum atomic E-state index is 0.179. The summed E-state index contributed by atoms with van der Waals surface area (Å²) in [7, 11) is 0. The number of aromatic amines is 1. The van der Waals surface area contributed by atoms with Gasteiger partial charge in [0.2, 0.25) is 0 Å². The summed E-state index contributed by atoms with van der Waals surface area (Å²) < 4.78 is 0.948. The van der Waals surface area contributed by atoms with Crippen molar-refractivity contribution in [1.82, 2.24) is 9.88 Å². The molecular formula is C15H21BrN2O. The number of rotatable bonds is 2. The van der Waals surface area contributed by atoms with Crippen LogP contribution in [-0.4, -0.2) is 28.4 Å². The van der Waals surface area contributed by atoms with E-state index in [1.165, 1.54) is 38.5 Å². The molecule has 0 radical (unpaired) electrons. The van der Waals surface area contributed by atoms with E-state index < -0.39 is 0 Å². The largest absolute Gasteiger partial charge is 0.356 e. The minimum Gasteiger partial charge on any atom is -0.356 e. The highest BCUT2D eigenvalue weighted by Gasteiger charge is 2.35. The lowest BCUT2D eigenvalue weighted by atomic mass is 9.83. The van der Waals surface area contributed by atoms with Gasteiger partial charge in [0.1, 0.15) is 5.69 Å². The van der Waals surface area contributed by atoms with Crippen LogP contribution in [0.5, 0.6) is 0 Å². The zero-order valence-corrected chi connectivity index (χ0v) is 12.8. The van der Waals surface area contributed by atoms with Crippen molar-refractivity contribution >= 4 is 21.8 Å². The fourth-order valence-electron chi connectivity index (χ4n) is 3.70. The summed E-state index contributed by atoms with van der Waals surface area (Å²) in [6.45, 7) is 0.927. The molecule has 1 aromatic heterocycles. The Kier molecular flexibility index (Phi) is 3.96. The van der Waals surface area contributed by atoms with Crippen molar-refractivity contribution in [3.63, 3.8) is 0 Å². The van der Waals surface area contributed by atoms with Gasteiger partial charge in [-0.1, -0.05) is 19.3 Å². The van der Waals surface area contributed by atoms with Crippen LogP contribution in [0.25, 0.3) is 0 Å². The number of carbonyl (C=O) groups is 1. The summed E-state index contributed by atoms with van der Waals surface area (Å²) in [5.41, 5.74) is 0.717. The molecule has 1 saturated heterocycles. The third-order valence-corrected chi connectivity index (χ3v) is 5.09. The van der Waals surface area contributed by atoms with Gasteiger partial charge in [0.15, 0.2) is 0 Å². The first kappa shape index (κ1) is 13.2. The standard InChI is InChI=1S/C15H21BrN2O/c16-12-9-13(17-10-12)15(19)18-8-4-7-14(18)11-5-2-1-3-6-11/h9-11,14,17H,1-8H2. The molecule has 1 atom stereocenters. The Labute approximate surface area is 122 Å². The molecule has 19 heavy (non-hydrogen) atoms. The van der Waals surface area contributed by atoms with Gasteiger partial charge >= 0.3 is 0 Å². The van der Waals surface area contributed by atoms with E-state index in [0.717, 1.165) is 29.1 Å². The van der Waals surface area contributed by atoms with Crippen LogP contribution in [0.4, 0.5) is 0 Å². The lowest BCUT2D eigenvalue weighted by molar-refractivity contribution is 0.0656. The summed E-state index contributed by atoms with van der Waals surface area (Å²) >= 11 is 3.40. The Balaban J connectivity index is 1.73. The van der Waals surface area contributed by atoms with Gasteiger partial charge in [0.25, 0.3) is 5.91 Å². The second-order valence-electron chi connectivity index (χ2n) is 5.84. The third kappa shape index (κ3) is 2.73. The predicted octanol–water partition coefficient (Wildman–Crippen LogP) is 3.96. The summed E-state index contributed by atoms with van der Waals surface area (Å²) in [4.78, 5) is 17.8. The fraction of sp³-hybridized carbons (Fsp3) is 0.667. The Morgan fingerprint density at radius 3 is 2.68 bits per heavy atom. The molecule has 1 aliphatic heterocycles. The van der Waals surface area contributed by atoms with Crippen molar-refractivity contribution in [3.8, 4) is 0 Å². The number of halogens is 1. The van der Waals surface area contributed by atoms with Crippen molar-refractivity contribution in [2.75, 3.05) is 6.54 Å². The van der Waals surface area contributed by atoms with E-state index in [0.29, 0.717) is 6.04 Å².